The molecule has 0 spiro atoms. The van der Waals surface area contributed by atoms with Gasteiger partial charge in [0.25, 0.3) is 0 Å². The second-order valence-electron chi connectivity index (χ2n) is 4.60. The summed E-state index contributed by atoms with van der Waals surface area (Å²) in [6.07, 6.45) is 0. The van der Waals surface area contributed by atoms with Gasteiger partial charge in [-0.2, -0.15) is 5.26 Å². The van der Waals surface area contributed by atoms with Crippen molar-refractivity contribution in [2.75, 3.05) is 12.4 Å². The standard InChI is InChI=1S/C17H14N2OS2/c18-11-13-5-2-4-8-16(13)20-9-10-21-17-19-15-7-3-1-6-14(15)12-22-17/h1-8H,9-10,12H2. The summed E-state index contributed by atoms with van der Waals surface area (Å²) < 4.78 is 6.76. The molecule has 0 atom stereocenters. The zero-order chi connectivity index (χ0) is 15.2. The Balaban J connectivity index is 1.52. The molecule has 3 nitrogen and oxygen atoms in total. The Morgan fingerprint density at radius 2 is 2.00 bits per heavy atom. The van der Waals surface area contributed by atoms with Gasteiger partial charge in [-0.3, -0.25) is 0 Å². The average Bonchev–Trinajstić information content (AvgIpc) is 2.59. The van der Waals surface area contributed by atoms with Crippen molar-refractivity contribution in [3.05, 3.63) is 59.7 Å². The van der Waals surface area contributed by atoms with E-state index in [1.54, 1.807) is 29.6 Å². The Kier molecular flexibility index (Phi) is 5.04. The van der Waals surface area contributed by atoms with Crippen molar-refractivity contribution in [1.82, 2.24) is 0 Å². The summed E-state index contributed by atoms with van der Waals surface area (Å²) in [6, 6.07) is 17.7. The summed E-state index contributed by atoms with van der Waals surface area (Å²) in [6.45, 7) is 0.560. The first-order valence-electron chi connectivity index (χ1n) is 6.91. The van der Waals surface area contributed by atoms with Gasteiger partial charge in [0.05, 0.1) is 17.9 Å². The van der Waals surface area contributed by atoms with Crippen LogP contribution in [0.25, 0.3) is 0 Å². The smallest absolute Gasteiger partial charge is 0.137 e. The Bertz CT molecular complexity index is 737. The summed E-state index contributed by atoms with van der Waals surface area (Å²) in [4.78, 5) is 4.66. The Morgan fingerprint density at radius 1 is 1.18 bits per heavy atom. The van der Waals surface area contributed by atoms with Gasteiger partial charge in [0.1, 0.15) is 16.2 Å². The molecule has 1 aliphatic heterocycles. The molecule has 1 heterocycles. The van der Waals surface area contributed by atoms with Gasteiger partial charge in [-0.1, -0.05) is 53.9 Å². The number of para-hydroxylation sites is 2. The van der Waals surface area contributed by atoms with Gasteiger partial charge < -0.3 is 4.74 Å². The number of benzene rings is 2. The van der Waals surface area contributed by atoms with E-state index in [1.165, 1.54) is 5.56 Å². The van der Waals surface area contributed by atoms with E-state index in [0.717, 1.165) is 21.6 Å². The fourth-order valence-electron chi connectivity index (χ4n) is 2.05. The molecule has 2 aromatic carbocycles. The Hall–Kier alpha value is -1.90. The minimum absolute atomic E-state index is 0.560. The van der Waals surface area contributed by atoms with E-state index in [0.29, 0.717) is 17.9 Å². The first-order chi connectivity index (χ1) is 10.9. The lowest BCUT2D eigenvalue weighted by Crippen LogP contribution is -2.04. The van der Waals surface area contributed by atoms with Gasteiger partial charge in [0.2, 0.25) is 0 Å². The molecule has 0 aliphatic carbocycles. The molecule has 0 saturated carbocycles. The van der Waals surface area contributed by atoms with Gasteiger partial charge in [0, 0.05) is 11.5 Å². The number of hydrogen-bond acceptors (Lipinski definition) is 5. The van der Waals surface area contributed by atoms with Gasteiger partial charge >= 0.3 is 0 Å². The van der Waals surface area contributed by atoms with E-state index < -0.39 is 0 Å². The monoisotopic (exact) mass is 326 g/mol. The second-order valence-corrected chi connectivity index (χ2v) is 6.91. The third-order valence-electron chi connectivity index (χ3n) is 3.13. The molecular formula is C17H14N2OS2. The highest BCUT2D eigenvalue weighted by Crippen LogP contribution is 2.34. The lowest BCUT2D eigenvalue weighted by molar-refractivity contribution is 0.343. The molecule has 5 heteroatoms. The van der Waals surface area contributed by atoms with Crippen molar-refractivity contribution in [1.29, 1.82) is 5.26 Å². The fraction of sp³-hybridized carbons (Fsp3) is 0.176. The van der Waals surface area contributed by atoms with Gasteiger partial charge in [-0.15, -0.1) is 0 Å². The molecule has 22 heavy (non-hydrogen) atoms. The maximum Gasteiger partial charge on any atom is 0.137 e. The number of aliphatic imine (C=N–C) groups is 1. The number of ether oxygens (including phenoxy) is 1. The number of rotatable bonds is 4. The van der Waals surface area contributed by atoms with E-state index in [2.05, 4.69) is 23.2 Å². The molecule has 0 fully saturated rings. The number of thioether (sulfide) groups is 2. The summed E-state index contributed by atoms with van der Waals surface area (Å²) in [5.74, 6) is 2.43. The van der Waals surface area contributed by atoms with E-state index >= 15 is 0 Å². The minimum atomic E-state index is 0.560. The highest BCUT2D eigenvalue weighted by Gasteiger charge is 2.12. The highest BCUT2D eigenvalue weighted by molar-refractivity contribution is 8.38. The van der Waals surface area contributed by atoms with Crippen LogP contribution in [0.5, 0.6) is 5.75 Å². The Labute approximate surface area is 138 Å². The van der Waals surface area contributed by atoms with Crippen molar-refractivity contribution in [3.8, 4) is 11.8 Å². The molecular weight excluding hydrogens is 312 g/mol. The van der Waals surface area contributed by atoms with E-state index in [1.807, 2.05) is 30.3 Å². The maximum absolute atomic E-state index is 9.01. The van der Waals surface area contributed by atoms with Crippen LogP contribution in [0.15, 0.2) is 53.5 Å². The van der Waals surface area contributed by atoms with Crippen LogP contribution < -0.4 is 4.74 Å². The van der Waals surface area contributed by atoms with Crippen LogP contribution in [0.4, 0.5) is 5.69 Å². The van der Waals surface area contributed by atoms with Crippen molar-refractivity contribution in [3.63, 3.8) is 0 Å². The second kappa shape index (κ2) is 7.39. The van der Waals surface area contributed by atoms with Crippen LogP contribution in [0.2, 0.25) is 0 Å². The van der Waals surface area contributed by atoms with E-state index in [-0.39, 0.29) is 0 Å². The zero-order valence-electron chi connectivity index (χ0n) is 11.9. The van der Waals surface area contributed by atoms with Gasteiger partial charge in [-0.25, -0.2) is 4.99 Å². The molecule has 3 rings (SSSR count). The minimum Gasteiger partial charge on any atom is -0.491 e. The van der Waals surface area contributed by atoms with Gasteiger partial charge in [-0.05, 0) is 23.8 Å². The van der Waals surface area contributed by atoms with Crippen molar-refractivity contribution in [2.45, 2.75) is 5.75 Å². The molecule has 110 valence electrons. The van der Waals surface area contributed by atoms with Crippen molar-refractivity contribution < 1.29 is 4.74 Å². The first kappa shape index (κ1) is 15.0. The molecule has 0 unspecified atom stereocenters. The summed E-state index contributed by atoms with van der Waals surface area (Å²) in [5, 5.41) is 9.01. The predicted octanol–water partition coefficient (Wildman–Crippen LogP) is 4.60. The van der Waals surface area contributed by atoms with Crippen LogP contribution >= 0.6 is 23.5 Å². The van der Waals surface area contributed by atoms with Crippen molar-refractivity contribution in [2.24, 2.45) is 4.99 Å². The quantitative estimate of drug-likeness (QED) is 0.770. The Morgan fingerprint density at radius 3 is 2.91 bits per heavy atom. The summed E-state index contributed by atoms with van der Waals surface area (Å²) >= 11 is 3.46. The third kappa shape index (κ3) is 3.65. The van der Waals surface area contributed by atoms with Crippen LogP contribution in [-0.4, -0.2) is 16.7 Å². The lowest BCUT2D eigenvalue weighted by Gasteiger charge is -2.14. The average molecular weight is 326 g/mol. The molecule has 1 aliphatic rings. The summed E-state index contributed by atoms with van der Waals surface area (Å²) in [5.41, 5.74) is 2.93. The van der Waals surface area contributed by atoms with Crippen LogP contribution in [0.1, 0.15) is 11.1 Å². The molecule has 0 bridgehead atoms. The number of nitriles is 1. The van der Waals surface area contributed by atoms with Crippen LogP contribution in [-0.2, 0) is 5.75 Å². The number of nitrogens with zero attached hydrogens (tertiary/aromatic N) is 2. The molecule has 0 aromatic heterocycles. The molecule has 2 aromatic rings. The molecule has 0 amide bonds. The number of fused-ring (bicyclic) bond motifs is 1. The molecule has 0 radical (unpaired) electrons. The SMILES string of the molecule is N#Cc1ccccc1OCCSC1=Nc2ccccc2CS1. The highest BCUT2D eigenvalue weighted by atomic mass is 32.2. The third-order valence-corrected chi connectivity index (χ3v) is 5.34. The largest absolute Gasteiger partial charge is 0.491 e. The van der Waals surface area contributed by atoms with Gasteiger partial charge in [0.15, 0.2) is 0 Å². The van der Waals surface area contributed by atoms with Crippen LogP contribution in [0.3, 0.4) is 0 Å². The van der Waals surface area contributed by atoms with Crippen molar-refractivity contribution >= 4 is 33.6 Å². The number of hydrogen-bond donors (Lipinski definition) is 0. The lowest BCUT2D eigenvalue weighted by atomic mass is 10.2. The first-order valence-corrected chi connectivity index (χ1v) is 8.88. The summed E-state index contributed by atoms with van der Waals surface area (Å²) in [7, 11) is 0. The molecule has 0 saturated heterocycles. The topological polar surface area (TPSA) is 45.4 Å². The normalized spacial score (nSPS) is 13.0. The van der Waals surface area contributed by atoms with E-state index in [4.69, 9.17) is 10.00 Å². The van der Waals surface area contributed by atoms with Crippen LogP contribution in [0, 0.1) is 11.3 Å². The van der Waals surface area contributed by atoms with E-state index in [9.17, 15) is 0 Å². The maximum atomic E-state index is 9.01. The zero-order valence-corrected chi connectivity index (χ0v) is 13.5. The fourth-order valence-corrected chi connectivity index (χ4v) is 4.00. The predicted molar refractivity (Wildman–Crippen MR) is 93.9 cm³/mol. The molecule has 0 N–H and O–H groups in total.